The monoisotopic (exact) mass is 480 g/mol. The Hall–Kier alpha value is -2.54. The van der Waals surface area contributed by atoms with Crippen LogP contribution in [0.3, 0.4) is 0 Å². The number of hydrogen-bond donors (Lipinski definition) is 2. The lowest BCUT2D eigenvalue weighted by atomic mass is 10.2. The quantitative estimate of drug-likeness (QED) is 0.559. The van der Waals surface area contributed by atoms with Crippen LogP contribution in [0.5, 0.6) is 5.75 Å². The van der Waals surface area contributed by atoms with Gasteiger partial charge in [-0.3, -0.25) is 19.4 Å². The highest BCUT2D eigenvalue weighted by Gasteiger charge is 2.64. The molecule has 0 spiro atoms. The maximum Gasteiger partial charge on any atom is 0.411 e. The second kappa shape index (κ2) is 8.67. The van der Waals surface area contributed by atoms with Crippen LogP contribution in [0.15, 0.2) is 18.2 Å². The average Bonchev–Trinajstić information content (AvgIpc) is 3.25. The van der Waals surface area contributed by atoms with Crippen molar-refractivity contribution in [2.24, 2.45) is 0 Å². The molecule has 0 unspecified atom stereocenters. The van der Waals surface area contributed by atoms with Gasteiger partial charge in [-0.1, -0.05) is 0 Å². The minimum absolute atomic E-state index is 0.0131. The number of benzene rings is 1. The van der Waals surface area contributed by atoms with E-state index in [9.17, 15) is 35.9 Å². The van der Waals surface area contributed by atoms with E-state index in [4.69, 9.17) is 0 Å². The van der Waals surface area contributed by atoms with Crippen molar-refractivity contribution in [1.29, 1.82) is 0 Å². The number of nitrogens with one attached hydrogen (secondary N) is 2. The highest BCUT2D eigenvalue weighted by molar-refractivity contribution is 5.92. The lowest BCUT2D eigenvalue weighted by molar-refractivity contribution is -0.170. The number of carbonyl (C=O) groups is 2. The van der Waals surface area contributed by atoms with Crippen molar-refractivity contribution in [3.63, 3.8) is 0 Å². The number of piperazine rings is 1. The van der Waals surface area contributed by atoms with Crippen LogP contribution in [0.25, 0.3) is 0 Å². The number of anilines is 1. The summed E-state index contributed by atoms with van der Waals surface area (Å²) in [6, 6.07) is 2.97. The van der Waals surface area contributed by atoms with Crippen LogP contribution < -0.4 is 15.4 Å². The van der Waals surface area contributed by atoms with E-state index in [2.05, 4.69) is 15.4 Å². The van der Waals surface area contributed by atoms with Gasteiger partial charge in [-0.2, -0.15) is 22.0 Å². The van der Waals surface area contributed by atoms with Crippen molar-refractivity contribution in [2.45, 2.75) is 49.7 Å². The van der Waals surface area contributed by atoms with E-state index in [0.717, 1.165) is 12.1 Å². The van der Waals surface area contributed by atoms with Crippen molar-refractivity contribution in [3.8, 4) is 5.75 Å². The first-order valence-corrected chi connectivity index (χ1v) is 10.4. The maximum atomic E-state index is 13.5. The van der Waals surface area contributed by atoms with Gasteiger partial charge in [0.2, 0.25) is 11.8 Å². The smallest absolute Gasteiger partial charge is 0.411 e. The van der Waals surface area contributed by atoms with Crippen LogP contribution in [0.2, 0.25) is 0 Å². The van der Waals surface area contributed by atoms with Crippen molar-refractivity contribution in [1.82, 2.24) is 15.1 Å². The molecule has 4 rings (SSSR count). The number of amides is 2. The third-order valence-electron chi connectivity index (χ3n) is 6.26. The van der Waals surface area contributed by atoms with Gasteiger partial charge < -0.3 is 15.4 Å². The number of alkyl halides is 5. The summed E-state index contributed by atoms with van der Waals surface area (Å²) >= 11 is 0. The van der Waals surface area contributed by atoms with Crippen molar-refractivity contribution in [2.75, 3.05) is 31.5 Å². The lowest BCUT2D eigenvalue weighted by Crippen LogP contribution is -2.54. The summed E-state index contributed by atoms with van der Waals surface area (Å²) in [6.07, 6.45) is -4.01. The van der Waals surface area contributed by atoms with Crippen LogP contribution in [0, 0.1) is 5.82 Å². The number of hydrogen-bond acceptors (Lipinski definition) is 5. The standard InChI is InChI=1S/C20H22F6N4O3/c21-14-2-1-11(5-15(14)33-18(22)23)27-16(31)9-29-7-13-6-12(29)8-30(13)10-17(32)28-19(3-4-19)20(24,25)26/h1-2,5,12-13,18H,3-4,6-10H2,(H,27,31)(H,28,32)/t12-,13-/m0/s1. The molecule has 0 radical (unpaired) electrons. The fraction of sp³-hybridized carbons (Fsp3) is 0.600. The molecule has 2 atom stereocenters. The van der Waals surface area contributed by atoms with Crippen molar-refractivity contribution < 1.29 is 40.7 Å². The summed E-state index contributed by atoms with van der Waals surface area (Å²) in [5, 5.41) is 4.62. The minimum Gasteiger partial charge on any atom is -0.432 e. The van der Waals surface area contributed by atoms with E-state index >= 15 is 0 Å². The fourth-order valence-electron chi connectivity index (χ4n) is 4.47. The molecule has 33 heavy (non-hydrogen) atoms. The van der Waals surface area contributed by atoms with Gasteiger partial charge in [-0.25, -0.2) is 4.39 Å². The molecule has 0 aromatic heterocycles. The number of likely N-dealkylation sites (tertiary alicyclic amines) is 2. The molecule has 2 bridgehead atoms. The zero-order valence-corrected chi connectivity index (χ0v) is 17.3. The van der Waals surface area contributed by atoms with Crippen LogP contribution >= 0.6 is 0 Å². The highest BCUT2D eigenvalue weighted by Crippen LogP contribution is 2.48. The molecule has 182 valence electrons. The first-order valence-electron chi connectivity index (χ1n) is 10.4. The number of rotatable bonds is 8. The van der Waals surface area contributed by atoms with Gasteiger partial charge in [0.15, 0.2) is 11.6 Å². The van der Waals surface area contributed by atoms with E-state index in [1.54, 1.807) is 0 Å². The Labute approximate surface area is 185 Å². The van der Waals surface area contributed by atoms with Crippen LogP contribution in [-0.4, -0.2) is 78.2 Å². The van der Waals surface area contributed by atoms with Gasteiger partial charge in [0.1, 0.15) is 5.54 Å². The summed E-state index contributed by atoms with van der Waals surface area (Å²) < 4.78 is 81.3. The predicted octanol–water partition coefficient (Wildman–Crippen LogP) is 2.34. The van der Waals surface area contributed by atoms with E-state index in [0.29, 0.717) is 19.5 Å². The van der Waals surface area contributed by atoms with Gasteiger partial charge in [0.05, 0.1) is 13.1 Å². The molecule has 3 aliphatic rings. The average molecular weight is 480 g/mol. The number of fused-ring (bicyclic) bond motifs is 2. The fourth-order valence-corrected chi connectivity index (χ4v) is 4.47. The summed E-state index contributed by atoms with van der Waals surface area (Å²) in [6.45, 7) is -2.46. The molecular weight excluding hydrogens is 458 g/mol. The van der Waals surface area contributed by atoms with Crippen molar-refractivity contribution in [3.05, 3.63) is 24.0 Å². The molecule has 1 aromatic carbocycles. The van der Waals surface area contributed by atoms with E-state index in [-0.39, 0.29) is 43.7 Å². The van der Waals surface area contributed by atoms with Gasteiger partial charge in [0.25, 0.3) is 0 Å². The molecule has 3 fully saturated rings. The molecule has 2 saturated heterocycles. The Morgan fingerprint density at radius 1 is 1.09 bits per heavy atom. The number of carbonyl (C=O) groups excluding carboxylic acids is 2. The first-order chi connectivity index (χ1) is 15.5. The Balaban J connectivity index is 1.25. The zero-order chi connectivity index (χ0) is 24.0. The molecule has 1 aliphatic carbocycles. The number of halogens is 6. The molecule has 1 aromatic rings. The van der Waals surface area contributed by atoms with E-state index < -0.39 is 41.7 Å². The Kier molecular flexibility index (Phi) is 6.20. The summed E-state index contributed by atoms with van der Waals surface area (Å²) in [5.74, 6) is -2.78. The normalized spacial score (nSPS) is 24.2. The second-order valence-corrected chi connectivity index (χ2v) is 8.60. The first kappa shape index (κ1) is 23.6. The zero-order valence-electron chi connectivity index (χ0n) is 17.3. The highest BCUT2D eigenvalue weighted by atomic mass is 19.4. The van der Waals surface area contributed by atoms with Crippen LogP contribution in [0.1, 0.15) is 19.3 Å². The Morgan fingerprint density at radius 2 is 1.70 bits per heavy atom. The molecular formula is C20H22F6N4O3. The lowest BCUT2D eigenvalue weighted by Gasteiger charge is -2.33. The van der Waals surface area contributed by atoms with Gasteiger partial charge in [0, 0.05) is 36.9 Å². The largest absolute Gasteiger partial charge is 0.432 e. The molecule has 2 aliphatic heterocycles. The summed E-state index contributed by atoms with van der Waals surface area (Å²) in [5.41, 5.74) is -1.99. The Morgan fingerprint density at radius 3 is 2.21 bits per heavy atom. The third-order valence-corrected chi connectivity index (χ3v) is 6.26. The summed E-state index contributed by atoms with van der Waals surface area (Å²) in [4.78, 5) is 28.2. The third kappa shape index (κ3) is 5.18. The van der Waals surface area contributed by atoms with E-state index in [1.165, 1.54) is 6.07 Å². The SMILES string of the molecule is O=C(CN1C[C@@H]2C[C@H]1CN2CC(=O)NC1(C(F)(F)F)CC1)Nc1ccc(F)c(OC(F)F)c1. The van der Waals surface area contributed by atoms with Crippen molar-refractivity contribution >= 4 is 17.5 Å². The molecule has 1 saturated carbocycles. The minimum atomic E-state index is -4.46. The predicted molar refractivity (Wildman–Crippen MR) is 103 cm³/mol. The number of nitrogens with zero attached hydrogens (tertiary/aromatic N) is 2. The molecule has 7 nitrogen and oxygen atoms in total. The maximum absolute atomic E-state index is 13.5. The second-order valence-electron chi connectivity index (χ2n) is 8.60. The van der Waals surface area contributed by atoms with Gasteiger partial charge >= 0.3 is 12.8 Å². The topological polar surface area (TPSA) is 73.9 Å². The van der Waals surface area contributed by atoms with Gasteiger partial charge in [-0.05, 0) is 31.4 Å². The molecule has 2 amide bonds. The van der Waals surface area contributed by atoms with Gasteiger partial charge in [-0.15, -0.1) is 0 Å². The molecule has 2 heterocycles. The van der Waals surface area contributed by atoms with E-state index in [1.807, 2.05) is 9.80 Å². The number of ether oxygens (including phenoxy) is 1. The summed E-state index contributed by atoms with van der Waals surface area (Å²) in [7, 11) is 0. The van der Waals surface area contributed by atoms with Crippen LogP contribution in [0.4, 0.5) is 32.0 Å². The van der Waals surface area contributed by atoms with Crippen LogP contribution in [-0.2, 0) is 9.59 Å². The molecule has 2 N–H and O–H groups in total. The Bertz CT molecular complexity index is 924. The molecule has 13 heteroatoms.